The third-order valence-electron chi connectivity index (χ3n) is 3.63. The van der Waals surface area contributed by atoms with Crippen LogP contribution >= 0.6 is 11.5 Å². The number of carbonyl (C=O) groups is 1. The second-order valence-corrected chi connectivity index (χ2v) is 5.97. The number of H-pyrrole nitrogens is 1. The molecule has 2 aromatic heterocycles. The van der Waals surface area contributed by atoms with Gasteiger partial charge in [0.15, 0.2) is 0 Å². The van der Waals surface area contributed by atoms with Gasteiger partial charge in [-0.2, -0.15) is 9.47 Å². The van der Waals surface area contributed by atoms with Crippen molar-refractivity contribution in [3.05, 3.63) is 41.3 Å². The maximum Gasteiger partial charge on any atom is 0.231 e. The van der Waals surface area contributed by atoms with Crippen LogP contribution in [0.4, 0.5) is 5.69 Å². The van der Waals surface area contributed by atoms with Crippen molar-refractivity contribution < 1.29 is 4.79 Å². The SMILES string of the molecule is Cc1n[nH]c(C)c1C(C)C(=O)Nc1ccc2sncc2c1. The summed E-state index contributed by atoms with van der Waals surface area (Å²) in [6.07, 6.45) is 1.81. The van der Waals surface area contributed by atoms with Crippen molar-refractivity contribution in [2.75, 3.05) is 5.32 Å². The van der Waals surface area contributed by atoms with Crippen molar-refractivity contribution in [3.63, 3.8) is 0 Å². The summed E-state index contributed by atoms with van der Waals surface area (Å²) in [5.74, 6) is -0.287. The van der Waals surface area contributed by atoms with Crippen LogP contribution < -0.4 is 5.32 Å². The molecule has 108 valence electrons. The molecule has 0 aliphatic rings. The van der Waals surface area contributed by atoms with Gasteiger partial charge in [-0.25, -0.2) is 0 Å². The summed E-state index contributed by atoms with van der Waals surface area (Å²) in [6.45, 7) is 5.73. The Morgan fingerprint density at radius 3 is 2.90 bits per heavy atom. The van der Waals surface area contributed by atoms with E-state index < -0.39 is 0 Å². The van der Waals surface area contributed by atoms with Gasteiger partial charge in [0.05, 0.1) is 16.3 Å². The molecule has 3 aromatic rings. The molecule has 2 N–H and O–H groups in total. The first-order chi connectivity index (χ1) is 10.1. The highest BCUT2D eigenvalue weighted by Crippen LogP contribution is 2.25. The summed E-state index contributed by atoms with van der Waals surface area (Å²) in [5.41, 5.74) is 3.56. The van der Waals surface area contributed by atoms with Crippen LogP contribution in [0.15, 0.2) is 24.4 Å². The van der Waals surface area contributed by atoms with E-state index in [1.165, 1.54) is 11.5 Å². The predicted octanol–water partition coefficient (Wildman–Crippen LogP) is 3.38. The fraction of sp³-hybridized carbons (Fsp3) is 0.267. The van der Waals surface area contributed by atoms with Gasteiger partial charge in [-0.3, -0.25) is 9.89 Å². The number of aromatic nitrogens is 3. The molecule has 1 unspecified atom stereocenters. The number of benzene rings is 1. The van der Waals surface area contributed by atoms with Crippen LogP contribution in [0.3, 0.4) is 0 Å². The Kier molecular flexibility index (Phi) is 3.47. The van der Waals surface area contributed by atoms with Gasteiger partial charge in [0.1, 0.15) is 0 Å². The molecule has 1 atom stereocenters. The van der Waals surface area contributed by atoms with E-state index in [0.29, 0.717) is 0 Å². The molecule has 0 radical (unpaired) electrons. The molecule has 0 fully saturated rings. The van der Waals surface area contributed by atoms with Crippen LogP contribution in [-0.4, -0.2) is 20.5 Å². The van der Waals surface area contributed by atoms with E-state index in [4.69, 9.17) is 0 Å². The largest absolute Gasteiger partial charge is 0.326 e. The number of aromatic amines is 1. The van der Waals surface area contributed by atoms with Gasteiger partial charge in [-0.1, -0.05) is 0 Å². The van der Waals surface area contributed by atoms with Crippen molar-refractivity contribution in [2.24, 2.45) is 0 Å². The van der Waals surface area contributed by atoms with Crippen molar-refractivity contribution in [3.8, 4) is 0 Å². The summed E-state index contributed by atoms with van der Waals surface area (Å²) in [4.78, 5) is 12.4. The quantitative estimate of drug-likeness (QED) is 0.779. The number of fused-ring (bicyclic) bond motifs is 1. The number of rotatable bonds is 3. The minimum atomic E-state index is -0.250. The number of nitrogens with one attached hydrogen (secondary N) is 2. The second-order valence-electron chi connectivity index (χ2n) is 5.14. The van der Waals surface area contributed by atoms with Gasteiger partial charge >= 0.3 is 0 Å². The van der Waals surface area contributed by atoms with Gasteiger partial charge in [-0.15, -0.1) is 0 Å². The molecule has 0 aliphatic carbocycles. The number of aryl methyl sites for hydroxylation is 2. The first-order valence-electron chi connectivity index (χ1n) is 6.73. The fourth-order valence-corrected chi connectivity index (χ4v) is 3.16. The van der Waals surface area contributed by atoms with Crippen LogP contribution in [0.1, 0.15) is 29.8 Å². The third kappa shape index (κ3) is 2.54. The molecular formula is C15H16N4OS. The van der Waals surface area contributed by atoms with E-state index in [-0.39, 0.29) is 11.8 Å². The molecule has 21 heavy (non-hydrogen) atoms. The second kappa shape index (κ2) is 5.29. The van der Waals surface area contributed by atoms with E-state index in [1.54, 1.807) is 0 Å². The molecule has 0 saturated carbocycles. The van der Waals surface area contributed by atoms with Crippen molar-refractivity contribution >= 4 is 33.2 Å². The summed E-state index contributed by atoms with van der Waals surface area (Å²) >= 11 is 1.45. The highest BCUT2D eigenvalue weighted by Gasteiger charge is 2.21. The summed E-state index contributed by atoms with van der Waals surface area (Å²) < 4.78 is 5.25. The Hall–Kier alpha value is -2.21. The minimum absolute atomic E-state index is 0.0369. The number of anilines is 1. The number of hydrogen-bond donors (Lipinski definition) is 2. The Morgan fingerprint density at radius 2 is 2.19 bits per heavy atom. The number of nitrogens with zero attached hydrogens (tertiary/aromatic N) is 2. The van der Waals surface area contributed by atoms with E-state index in [1.807, 2.05) is 45.2 Å². The smallest absolute Gasteiger partial charge is 0.231 e. The lowest BCUT2D eigenvalue weighted by Crippen LogP contribution is -2.19. The van der Waals surface area contributed by atoms with Crippen LogP contribution in [0, 0.1) is 13.8 Å². The molecule has 0 aliphatic heterocycles. The Labute approximate surface area is 126 Å². The van der Waals surface area contributed by atoms with Gasteiger partial charge in [0.2, 0.25) is 5.91 Å². The topological polar surface area (TPSA) is 70.7 Å². The summed E-state index contributed by atoms with van der Waals surface area (Å²) in [6, 6.07) is 5.82. The zero-order chi connectivity index (χ0) is 15.0. The summed E-state index contributed by atoms with van der Waals surface area (Å²) in [5, 5.41) is 11.1. The maximum atomic E-state index is 12.4. The molecule has 5 nitrogen and oxygen atoms in total. The van der Waals surface area contributed by atoms with Gasteiger partial charge in [0, 0.05) is 28.5 Å². The van der Waals surface area contributed by atoms with Crippen molar-refractivity contribution in [1.82, 2.24) is 14.6 Å². The van der Waals surface area contributed by atoms with E-state index in [0.717, 1.165) is 32.7 Å². The first-order valence-corrected chi connectivity index (χ1v) is 7.50. The van der Waals surface area contributed by atoms with Crippen molar-refractivity contribution in [2.45, 2.75) is 26.7 Å². The molecule has 0 bridgehead atoms. The normalized spacial score (nSPS) is 12.5. The Bertz CT molecular complexity index is 785. The standard InChI is InChI=1S/C15H16N4OS/c1-8(14-9(2)18-19-10(14)3)15(20)17-12-4-5-13-11(6-12)7-16-21-13/h4-8H,1-3H3,(H,17,20)(H,18,19). The van der Waals surface area contributed by atoms with Gasteiger partial charge in [-0.05, 0) is 50.5 Å². The molecule has 1 aromatic carbocycles. The van der Waals surface area contributed by atoms with E-state index in [9.17, 15) is 4.79 Å². The van der Waals surface area contributed by atoms with Crippen LogP contribution in [0.2, 0.25) is 0 Å². The van der Waals surface area contributed by atoms with Crippen molar-refractivity contribution in [1.29, 1.82) is 0 Å². The molecule has 3 rings (SSSR count). The minimum Gasteiger partial charge on any atom is -0.326 e. The van der Waals surface area contributed by atoms with Gasteiger partial charge < -0.3 is 5.32 Å². The van der Waals surface area contributed by atoms with Crippen LogP contribution in [-0.2, 0) is 4.79 Å². The molecule has 6 heteroatoms. The molecular weight excluding hydrogens is 284 g/mol. The van der Waals surface area contributed by atoms with Crippen LogP contribution in [0.25, 0.3) is 10.1 Å². The van der Waals surface area contributed by atoms with Crippen LogP contribution in [0.5, 0.6) is 0 Å². The zero-order valence-corrected chi connectivity index (χ0v) is 12.9. The zero-order valence-electron chi connectivity index (χ0n) is 12.1. The fourth-order valence-electron chi connectivity index (χ4n) is 2.53. The van der Waals surface area contributed by atoms with E-state index >= 15 is 0 Å². The summed E-state index contributed by atoms with van der Waals surface area (Å²) in [7, 11) is 0. The Morgan fingerprint density at radius 1 is 1.38 bits per heavy atom. The monoisotopic (exact) mass is 300 g/mol. The number of hydrogen-bond acceptors (Lipinski definition) is 4. The third-order valence-corrected chi connectivity index (χ3v) is 4.41. The number of amides is 1. The van der Waals surface area contributed by atoms with E-state index in [2.05, 4.69) is 19.9 Å². The first kappa shape index (κ1) is 13.8. The maximum absolute atomic E-state index is 12.4. The van der Waals surface area contributed by atoms with Gasteiger partial charge in [0.25, 0.3) is 0 Å². The predicted molar refractivity (Wildman–Crippen MR) is 84.7 cm³/mol. The lowest BCUT2D eigenvalue weighted by Gasteiger charge is -2.13. The molecule has 0 spiro atoms. The average molecular weight is 300 g/mol. The lowest BCUT2D eigenvalue weighted by molar-refractivity contribution is -0.117. The molecule has 0 saturated heterocycles. The average Bonchev–Trinajstić information content (AvgIpc) is 3.04. The molecule has 2 heterocycles. The highest BCUT2D eigenvalue weighted by atomic mass is 32.1. The molecule has 1 amide bonds. The highest BCUT2D eigenvalue weighted by molar-refractivity contribution is 7.13. The lowest BCUT2D eigenvalue weighted by atomic mass is 9.98. The number of carbonyl (C=O) groups excluding carboxylic acids is 1. The Balaban J connectivity index is 1.82.